The Morgan fingerprint density at radius 2 is 1.69 bits per heavy atom. The number of hydrogen-bond donors (Lipinski definition) is 0. The van der Waals surface area contributed by atoms with Gasteiger partial charge in [-0.05, 0) is 6.92 Å². The van der Waals surface area contributed by atoms with Crippen molar-refractivity contribution in [3.05, 3.63) is 0 Å². The summed E-state index contributed by atoms with van der Waals surface area (Å²) in [6.45, 7) is 0.906. The van der Waals surface area contributed by atoms with E-state index in [1.54, 1.807) is 0 Å². The number of alkyl halides is 4. The molecule has 3 nitrogen and oxygen atoms in total. The summed E-state index contributed by atoms with van der Waals surface area (Å²) in [6, 6.07) is 0. The molecular formula is C6H6F4O3. The lowest BCUT2D eigenvalue weighted by Gasteiger charge is -2.30. The third-order valence-corrected chi connectivity index (χ3v) is 1.96. The summed E-state index contributed by atoms with van der Waals surface area (Å²) in [7, 11) is 0. The van der Waals surface area contributed by atoms with Gasteiger partial charge in [0.15, 0.2) is 0 Å². The van der Waals surface area contributed by atoms with Crippen LogP contribution in [0.4, 0.5) is 22.4 Å². The van der Waals surface area contributed by atoms with E-state index in [4.69, 9.17) is 0 Å². The van der Waals surface area contributed by atoms with Crippen LogP contribution >= 0.6 is 0 Å². The highest BCUT2D eigenvalue weighted by Gasteiger charge is 2.72. The van der Waals surface area contributed by atoms with Crippen LogP contribution in [0.5, 0.6) is 0 Å². The molecule has 2 atom stereocenters. The number of carbonyl (C=O) groups excluding carboxylic acids is 1. The summed E-state index contributed by atoms with van der Waals surface area (Å²) in [5.41, 5.74) is -3.24. The first-order valence-corrected chi connectivity index (χ1v) is 3.28. The molecule has 0 aromatic heterocycles. The molecule has 13 heavy (non-hydrogen) atoms. The monoisotopic (exact) mass is 202 g/mol. The minimum absolute atomic E-state index is 0.415. The molecule has 2 unspecified atom stereocenters. The van der Waals surface area contributed by atoms with Crippen LogP contribution in [0.3, 0.4) is 0 Å². The Hall–Kier alpha value is -1.01. The van der Waals surface area contributed by atoms with Crippen molar-refractivity contribution in [1.82, 2.24) is 0 Å². The van der Waals surface area contributed by atoms with E-state index in [9.17, 15) is 22.4 Å². The number of carbonyl (C=O) groups is 1. The number of hydrogen-bond acceptors (Lipinski definition) is 3. The zero-order valence-electron chi connectivity index (χ0n) is 6.74. The van der Waals surface area contributed by atoms with Gasteiger partial charge in [0.2, 0.25) is 0 Å². The van der Waals surface area contributed by atoms with Gasteiger partial charge in [-0.2, -0.15) is 17.6 Å². The van der Waals surface area contributed by atoms with Crippen molar-refractivity contribution in [2.75, 3.05) is 0 Å². The normalized spacial score (nSPS) is 40.0. The highest BCUT2D eigenvalue weighted by molar-refractivity contribution is 5.64. The first-order valence-electron chi connectivity index (χ1n) is 3.28. The summed E-state index contributed by atoms with van der Waals surface area (Å²) < 4.78 is 57.3. The Kier molecular flexibility index (Phi) is 1.76. The van der Waals surface area contributed by atoms with Crippen LogP contribution in [0, 0.1) is 0 Å². The van der Waals surface area contributed by atoms with Crippen molar-refractivity contribution in [1.29, 1.82) is 0 Å². The first-order chi connectivity index (χ1) is 5.60. The van der Waals surface area contributed by atoms with Gasteiger partial charge in [-0.15, -0.1) is 0 Å². The van der Waals surface area contributed by atoms with E-state index >= 15 is 0 Å². The summed E-state index contributed by atoms with van der Waals surface area (Å²) in [5, 5.41) is 0. The highest BCUT2D eigenvalue weighted by Crippen LogP contribution is 2.48. The molecule has 0 N–H and O–H groups in total. The van der Waals surface area contributed by atoms with Crippen molar-refractivity contribution in [3.63, 3.8) is 0 Å². The Morgan fingerprint density at radius 1 is 1.23 bits per heavy atom. The van der Waals surface area contributed by atoms with Crippen molar-refractivity contribution in [2.45, 2.75) is 31.5 Å². The van der Waals surface area contributed by atoms with Gasteiger partial charge in [0.05, 0.1) is 0 Å². The highest BCUT2D eigenvalue weighted by atomic mass is 19.4. The molecule has 1 aliphatic rings. The summed E-state index contributed by atoms with van der Waals surface area (Å²) in [6.07, 6.45) is -6.67. The largest absolute Gasteiger partial charge is 0.512 e. The topological polar surface area (TPSA) is 35.5 Å². The van der Waals surface area contributed by atoms with Gasteiger partial charge in [0.1, 0.15) is 0 Å². The Balaban J connectivity index is 3.10. The molecule has 76 valence electrons. The fourth-order valence-electron chi connectivity index (χ4n) is 0.844. The van der Waals surface area contributed by atoms with Crippen LogP contribution in [-0.2, 0) is 9.47 Å². The maximum atomic E-state index is 13.1. The Bertz CT molecular complexity index is 247. The molecule has 0 aromatic carbocycles. The molecule has 1 heterocycles. The maximum Gasteiger partial charge on any atom is 0.512 e. The summed E-state index contributed by atoms with van der Waals surface area (Å²) in [4.78, 5) is 10.3. The molecular weight excluding hydrogens is 196 g/mol. The van der Waals surface area contributed by atoms with Gasteiger partial charge in [0.25, 0.3) is 11.5 Å². The third kappa shape index (κ3) is 1.22. The fourth-order valence-corrected chi connectivity index (χ4v) is 0.844. The molecule has 1 saturated heterocycles. The number of halogens is 4. The Morgan fingerprint density at radius 3 is 1.85 bits per heavy atom. The lowest BCUT2D eigenvalue weighted by molar-refractivity contribution is -0.294. The van der Waals surface area contributed by atoms with Gasteiger partial charge < -0.3 is 9.47 Å². The molecule has 0 amide bonds. The number of cyclic esters (lactones) is 2. The third-order valence-electron chi connectivity index (χ3n) is 1.96. The van der Waals surface area contributed by atoms with E-state index in [0.717, 1.165) is 0 Å². The molecule has 1 aliphatic heterocycles. The lowest BCUT2D eigenvalue weighted by Crippen LogP contribution is -2.55. The summed E-state index contributed by atoms with van der Waals surface area (Å²) >= 11 is 0. The zero-order chi connectivity index (χ0) is 10.5. The van der Waals surface area contributed by atoms with Crippen molar-refractivity contribution >= 4 is 6.16 Å². The molecule has 0 aromatic rings. The van der Waals surface area contributed by atoms with E-state index < -0.39 is 23.8 Å². The number of rotatable bonds is 0. The smallest absolute Gasteiger partial charge is 0.411 e. The van der Waals surface area contributed by atoms with E-state index in [2.05, 4.69) is 9.47 Å². The van der Waals surface area contributed by atoms with Gasteiger partial charge in [0, 0.05) is 6.92 Å². The van der Waals surface area contributed by atoms with E-state index in [0.29, 0.717) is 13.8 Å². The van der Waals surface area contributed by atoms with E-state index in [1.807, 2.05) is 0 Å². The molecule has 0 radical (unpaired) electrons. The molecule has 0 aliphatic carbocycles. The summed E-state index contributed by atoms with van der Waals surface area (Å²) in [5.74, 6) is -3.19. The van der Waals surface area contributed by atoms with Gasteiger partial charge in [-0.25, -0.2) is 4.79 Å². The zero-order valence-corrected chi connectivity index (χ0v) is 6.74. The molecule has 1 fully saturated rings. The standard InChI is InChI=1S/C6H6F4O3/c1-4(6(8,9)10)5(2,7)13-3(11)12-4/h1-2H3. The average molecular weight is 202 g/mol. The SMILES string of the molecule is CC1(F)OC(=O)OC1(C)C(F)(F)F. The van der Waals surface area contributed by atoms with Gasteiger partial charge in [-0.1, -0.05) is 0 Å². The lowest BCUT2D eigenvalue weighted by atomic mass is 9.98. The van der Waals surface area contributed by atoms with Crippen LogP contribution < -0.4 is 0 Å². The average Bonchev–Trinajstić information content (AvgIpc) is 2.00. The van der Waals surface area contributed by atoms with Gasteiger partial charge in [-0.3, -0.25) is 0 Å². The predicted molar refractivity (Wildman–Crippen MR) is 31.5 cm³/mol. The van der Waals surface area contributed by atoms with Crippen LogP contribution in [0.1, 0.15) is 13.8 Å². The van der Waals surface area contributed by atoms with Crippen LogP contribution in [-0.4, -0.2) is 23.8 Å². The Labute approximate surface area is 70.6 Å². The van der Waals surface area contributed by atoms with E-state index in [-0.39, 0.29) is 0 Å². The minimum atomic E-state index is -5.01. The molecule has 0 bridgehead atoms. The molecule has 1 rings (SSSR count). The second-order valence-corrected chi connectivity index (χ2v) is 2.90. The minimum Gasteiger partial charge on any atom is -0.411 e. The molecule has 7 heteroatoms. The van der Waals surface area contributed by atoms with Crippen LogP contribution in [0.25, 0.3) is 0 Å². The van der Waals surface area contributed by atoms with Crippen molar-refractivity contribution in [3.8, 4) is 0 Å². The number of ether oxygens (including phenoxy) is 2. The quantitative estimate of drug-likeness (QED) is 0.446. The second-order valence-electron chi connectivity index (χ2n) is 2.90. The van der Waals surface area contributed by atoms with Crippen LogP contribution in [0.2, 0.25) is 0 Å². The first kappa shape index (κ1) is 10.1. The van der Waals surface area contributed by atoms with E-state index in [1.165, 1.54) is 0 Å². The molecule has 0 saturated carbocycles. The van der Waals surface area contributed by atoms with Crippen molar-refractivity contribution < 1.29 is 31.8 Å². The predicted octanol–water partition coefficient (Wildman–Crippen LogP) is 2.16. The fraction of sp³-hybridized carbons (Fsp3) is 0.833. The second kappa shape index (κ2) is 2.27. The molecule has 0 spiro atoms. The van der Waals surface area contributed by atoms with Gasteiger partial charge >= 0.3 is 12.3 Å². The maximum absolute atomic E-state index is 13.1. The van der Waals surface area contributed by atoms with Crippen molar-refractivity contribution in [2.24, 2.45) is 0 Å². The van der Waals surface area contributed by atoms with Crippen LogP contribution in [0.15, 0.2) is 0 Å².